The lowest BCUT2D eigenvalue weighted by atomic mass is 9.80. The molecule has 1 atom stereocenters. The Morgan fingerprint density at radius 1 is 1.03 bits per heavy atom. The number of ether oxygens (including phenoxy) is 1. The van der Waals surface area contributed by atoms with Crippen LogP contribution < -0.4 is 10.6 Å². The van der Waals surface area contributed by atoms with Crippen molar-refractivity contribution >= 4 is 18.0 Å². The van der Waals surface area contributed by atoms with Gasteiger partial charge in [0.2, 0.25) is 5.91 Å². The highest BCUT2D eigenvalue weighted by atomic mass is 16.5. The van der Waals surface area contributed by atoms with Crippen molar-refractivity contribution in [2.24, 2.45) is 5.92 Å². The maximum atomic E-state index is 12.8. The van der Waals surface area contributed by atoms with Gasteiger partial charge in [-0.05, 0) is 55.4 Å². The van der Waals surface area contributed by atoms with E-state index in [1.165, 1.54) is 0 Å². The third kappa shape index (κ3) is 5.14. The zero-order valence-corrected chi connectivity index (χ0v) is 19.4. The first-order chi connectivity index (χ1) is 16.3. The Morgan fingerprint density at radius 3 is 2.18 bits per heavy atom. The molecule has 178 valence electrons. The van der Waals surface area contributed by atoms with E-state index in [0.29, 0.717) is 19.3 Å². The van der Waals surface area contributed by atoms with Crippen LogP contribution in [0, 0.1) is 5.92 Å². The summed E-state index contributed by atoms with van der Waals surface area (Å²) < 4.78 is 5.59. The first kappa shape index (κ1) is 23.5. The topological polar surface area (TPSA) is 105 Å². The normalized spacial score (nSPS) is 19.1. The highest BCUT2D eigenvalue weighted by Gasteiger charge is 2.36. The second kappa shape index (κ2) is 10.1. The van der Waals surface area contributed by atoms with E-state index in [1.54, 1.807) is 0 Å². The molecule has 0 bridgehead atoms. The molecule has 2 aromatic rings. The number of amides is 2. The molecule has 1 unspecified atom stereocenters. The van der Waals surface area contributed by atoms with Gasteiger partial charge in [-0.25, -0.2) is 4.79 Å². The molecule has 0 heterocycles. The number of allylic oxidation sites excluding steroid dienone is 1. The minimum Gasteiger partial charge on any atom is -0.481 e. The summed E-state index contributed by atoms with van der Waals surface area (Å²) in [6.45, 7) is 4.01. The lowest BCUT2D eigenvalue weighted by molar-refractivity contribution is -0.146. The lowest BCUT2D eigenvalue weighted by Crippen LogP contribution is -2.53. The van der Waals surface area contributed by atoms with Crippen LogP contribution in [0.1, 0.15) is 50.2 Å². The van der Waals surface area contributed by atoms with Gasteiger partial charge >= 0.3 is 12.1 Å². The first-order valence-electron chi connectivity index (χ1n) is 11.6. The Hall–Kier alpha value is -3.61. The molecule has 0 spiro atoms. The molecule has 3 N–H and O–H groups in total. The standard InChI is InChI=1S/C27H30N2O5/c1-16(2)11-12-24(25(30)28-18-13-17(14-18)26(31)32)29-27(33)34-15-23-21-9-5-3-7-19(21)20-8-4-6-10-22(20)23/h3-11,17-18,23-24H,12-15H2,1-2H3,(H,28,30)(H,29,33)(H,31,32). The Kier molecular flexibility index (Phi) is 7.01. The van der Waals surface area contributed by atoms with Crippen LogP contribution in [0.3, 0.4) is 0 Å². The van der Waals surface area contributed by atoms with Crippen molar-refractivity contribution in [2.75, 3.05) is 6.61 Å². The van der Waals surface area contributed by atoms with Crippen LogP contribution in [0.4, 0.5) is 4.79 Å². The number of carbonyl (C=O) groups is 3. The van der Waals surface area contributed by atoms with Gasteiger partial charge in [-0.15, -0.1) is 0 Å². The van der Waals surface area contributed by atoms with Crippen molar-refractivity contribution in [2.45, 2.75) is 51.1 Å². The van der Waals surface area contributed by atoms with E-state index in [0.717, 1.165) is 27.8 Å². The van der Waals surface area contributed by atoms with Crippen molar-refractivity contribution in [3.8, 4) is 11.1 Å². The summed E-state index contributed by atoms with van der Waals surface area (Å²) in [7, 11) is 0. The summed E-state index contributed by atoms with van der Waals surface area (Å²) in [6.07, 6.45) is 2.37. The summed E-state index contributed by atoms with van der Waals surface area (Å²) >= 11 is 0. The Labute approximate surface area is 199 Å². The molecule has 0 saturated heterocycles. The lowest BCUT2D eigenvalue weighted by Gasteiger charge is -2.34. The fraction of sp³-hybridized carbons (Fsp3) is 0.370. The summed E-state index contributed by atoms with van der Waals surface area (Å²) in [5.74, 6) is -1.66. The van der Waals surface area contributed by atoms with E-state index in [9.17, 15) is 14.4 Å². The summed E-state index contributed by atoms with van der Waals surface area (Å²) in [5, 5.41) is 14.6. The van der Waals surface area contributed by atoms with Crippen molar-refractivity contribution in [3.63, 3.8) is 0 Å². The SMILES string of the molecule is CC(C)=CCC(NC(=O)OCC1c2ccccc2-c2ccccc21)C(=O)NC1CC(C(=O)O)C1. The quantitative estimate of drug-likeness (QED) is 0.509. The molecule has 1 fully saturated rings. The number of hydrogen-bond donors (Lipinski definition) is 3. The fourth-order valence-corrected chi connectivity index (χ4v) is 4.61. The number of rotatable bonds is 8. The van der Waals surface area contributed by atoms with E-state index < -0.39 is 24.0 Å². The van der Waals surface area contributed by atoms with E-state index >= 15 is 0 Å². The molecule has 0 aromatic heterocycles. The molecule has 2 aliphatic rings. The summed E-state index contributed by atoms with van der Waals surface area (Å²) in [4.78, 5) is 36.5. The van der Waals surface area contributed by atoms with E-state index in [4.69, 9.17) is 9.84 Å². The molecule has 2 aliphatic carbocycles. The Morgan fingerprint density at radius 2 is 1.62 bits per heavy atom. The van der Waals surface area contributed by atoms with Crippen LogP contribution >= 0.6 is 0 Å². The number of carboxylic acids is 1. The number of carboxylic acid groups (broad SMARTS) is 1. The van der Waals surface area contributed by atoms with E-state index in [2.05, 4.69) is 34.9 Å². The highest BCUT2D eigenvalue weighted by Crippen LogP contribution is 2.44. The maximum absolute atomic E-state index is 12.8. The van der Waals surface area contributed by atoms with E-state index in [1.807, 2.05) is 44.2 Å². The zero-order valence-electron chi connectivity index (χ0n) is 19.4. The number of hydrogen-bond acceptors (Lipinski definition) is 4. The molecule has 0 radical (unpaired) electrons. The van der Waals surface area contributed by atoms with Crippen molar-refractivity contribution < 1.29 is 24.2 Å². The molecular formula is C27H30N2O5. The molecule has 2 amide bonds. The van der Waals surface area contributed by atoms with Gasteiger partial charge < -0.3 is 20.5 Å². The third-order valence-electron chi connectivity index (χ3n) is 6.55. The summed E-state index contributed by atoms with van der Waals surface area (Å²) in [5.41, 5.74) is 5.56. The molecule has 7 heteroatoms. The minimum absolute atomic E-state index is 0.0638. The van der Waals surface area contributed by atoms with Gasteiger partial charge in [-0.1, -0.05) is 60.2 Å². The van der Waals surface area contributed by atoms with Crippen LogP contribution in [0.2, 0.25) is 0 Å². The second-order valence-corrected chi connectivity index (χ2v) is 9.25. The van der Waals surface area contributed by atoms with Crippen molar-refractivity contribution in [1.82, 2.24) is 10.6 Å². The third-order valence-corrected chi connectivity index (χ3v) is 6.55. The summed E-state index contributed by atoms with van der Waals surface area (Å²) in [6, 6.07) is 15.2. The van der Waals surface area contributed by atoms with Crippen LogP contribution in [0.15, 0.2) is 60.2 Å². The van der Waals surface area contributed by atoms with Gasteiger partial charge in [0.1, 0.15) is 12.6 Å². The fourth-order valence-electron chi connectivity index (χ4n) is 4.61. The van der Waals surface area contributed by atoms with Crippen LogP contribution in [0.5, 0.6) is 0 Å². The van der Waals surface area contributed by atoms with Gasteiger partial charge in [0.15, 0.2) is 0 Å². The van der Waals surface area contributed by atoms with Crippen LogP contribution in [-0.4, -0.2) is 41.8 Å². The van der Waals surface area contributed by atoms with Gasteiger partial charge in [0.05, 0.1) is 5.92 Å². The predicted octanol–water partition coefficient (Wildman–Crippen LogP) is 4.23. The molecule has 7 nitrogen and oxygen atoms in total. The molecule has 34 heavy (non-hydrogen) atoms. The predicted molar refractivity (Wildman–Crippen MR) is 128 cm³/mol. The Bertz CT molecular complexity index is 1070. The highest BCUT2D eigenvalue weighted by molar-refractivity contribution is 5.86. The van der Waals surface area contributed by atoms with Crippen LogP contribution in [0.25, 0.3) is 11.1 Å². The molecule has 4 rings (SSSR count). The van der Waals surface area contributed by atoms with Gasteiger partial charge in [-0.3, -0.25) is 9.59 Å². The zero-order chi connectivity index (χ0) is 24.2. The largest absolute Gasteiger partial charge is 0.481 e. The smallest absolute Gasteiger partial charge is 0.407 e. The van der Waals surface area contributed by atoms with Crippen LogP contribution in [-0.2, 0) is 14.3 Å². The minimum atomic E-state index is -0.844. The molecule has 1 saturated carbocycles. The number of alkyl carbamates (subject to hydrolysis) is 1. The van der Waals surface area contributed by atoms with Crippen molar-refractivity contribution in [1.29, 1.82) is 0 Å². The number of carbonyl (C=O) groups excluding carboxylic acids is 2. The molecule has 0 aliphatic heterocycles. The number of nitrogens with one attached hydrogen (secondary N) is 2. The average molecular weight is 463 g/mol. The first-order valence-corrected chi connectivity index (χ1v) is 11.6. The number of aliphatic carboxylic acids is 1. The van der Waals surface area contributed by atoms with Gasteiger partial charge in [0.25, 0.3) is 0 Å². The van der Waals surface area contributed by atoms with Gasteiger partial charge in [0, 0.05) is 12.0 Å². The average Bonchev–Trinajstić information content (AvgIpc) is 3.10. The number of fused-ring (bicyclic) bond motifs is 3. The van der Waals surface area contributed by atoms with Crippen molar-refractivity contribution in [3.05, 3.63) is 71.3 Å². The van der Waals surface area contributed by atoms with Gasteiger partial charge in [-0.2, -0.15) is 0 Å². The Balaban J connectivity index is 1.38. The number of benzene rings is 2. The maximum Gasteiger partial charge on any atom is 0.407 e. The second-order valence-electron chi connectivity index (χ2n) is 9.25. The molecule has 2 aromatic carbocycles. The molecular weight excluding hydrogens is 432 g/mol. The monoisotopic (exact) mass is 462 g/mol. The van der Waals surface area contributed by atoms with E-state index in [-0.39, 0.29) is 24.5 Å².